The van der Waals surface area contributed by atoms with Crippen LogP contribution >= 0.6 is 11.3 Å². The molecule has 3 rings (SSSR count). The molecule has 2 aromatic heterocycles. The largest absolute Gasteiger partial charge is 0.418 e. The van der Waals surface area contributed by atoms with Gasteiger partial charge in [-0.15, -0.1) is 21.5 Å². The van der Waals surface area contributed by atoms with E-state index in [9.17, 15) is 0 Å². The summed E-state index contributed by atoms with van der Waals surface area (Å²) in [5.41, 5.74) is 0. The second-order valence-electron chi connectivity index (χ2n) is 5.97. The Morgan fingerprint density at radius 2 is 2.30 bits per heavy atom. The van der Waals surface area contributed by atoms with E-state index in [0.29, 0.717) is 17.8 Å². The molecule has 1 aliphatic heterocycles. The maximum absolute atomic E-state index is 5.88. The van der Waals surface area contributed by atoms with Gasteiger partial charge in [0.25, 0.3) is 5.89 Å². The molecule has 1 saturated heterocycles. The molecule has 0 spiro atoms. The zero-order valence-corrected chi connectivity index (χ0v) is 14.8. The second-order valence-corrected chi connectivity index (χ2v) is 6.92. The Labute approximate surface area is 141 Å². The van der Waals surface area contributed by atoms with E-state index in [1.807, 2.05) is 17.5 Å². The SMILES string of the molecule is COCCN1CCN(C(C)c2nnc(-c3cccs3)o2)CC1C. The minimum Gasteiger partial charge on any atom is -0.418 e. The van der Waals surface area contributed by atoms with E-state index in [1.165, 1.54) is 0 Å². The Kier molecular flexibility index (Phi) is 5.42. The normalized spacial score (nSPS) is 21.6. The first-order valence-electron chi connectivity index (χ1n) is 8.03. The second kappa shape index (κ2) is 7.53. The highest BCUT2D eigenvalue weighted by molar-refractivity contribution is 7.13. The number of nitrogens with zero attached hydrogens (tertiary/aromatic N) is 4. The number of hydrogen-bond acceptors (Lipinski definition) is 7. The smallest absolute Gasteiger partial charge is 0.257 e. The van der Waals surface area contributed by atoms with Crippen molar-refractivity contribution >= 4 is 11.3 Å². The number of ether oxygens (including phenoxy) is 1. The van der Waals surface area contributed by atoms with Crippen molar-refractivity contribution in [1.82, 2.24) is 20.0 Å². The molecule has 7 heteroatoms. The molecule has 2 unspecified atom stereocenters. The fourth-order valence-corrected chi connectivity index (χ4v) is 3.62. The van der Waals surface area contributed by atoms with Crippen LogP contribution in [0.25, 0.3) is 10.8 Å². The van der Waals surface area contributed by atoms with Crippen molar-refractivity contribution in [2.24, 2.45) is 0 Å². The zero-order chi connectivity index (χ0) is 16.2. The minimum absolute atomic E-state index is 0.142. The van der Waals surface area contributed by atoms with Crippen molar-refractivity contribution in [2.75, 3.05) is 39.9 Å². The van der Waals surface area contributed by atoms with Crippen LogP contribution in [0.3, 0.4) is 0 Å². The highest BCUT2D eigenvalue weighted by atomic mass is 32.1. The van der Waals surface area contributed by atoms with Crippen LogP contribution in [0.2, 0.25) is 0 Å². The fourth-order valence-electron chi connectivity index (χ4n) is 2.98. The monoisotopic (exact) mass is 336 g/mol. The predicted molar refractivity (Wildman–Crippen MR) is 90.5 cm³/mol. The minimum atomic E-state index is 0.142. The maximum atomic E-state index is 5.88. The van der Waals surface area contributed by atoms with Crippen LogP contribution in [0, 0.1) is 0 Å². The van der Waals surface area contributed by atoms with Crippen molar-refractivity contribution in [3.63, 3.8) is 0 Å². The lowest BCUT2D eigenvalue weighted by atomic mass is 10.1. The Hall–Kier alpha value is -1.28. The van der Waals surface area contributed by atoms with Gasteiger partial charge in [0.1, 0.15) is 0 Å². The average Bonchev–Trinajstić information content (AvgIpc) is 3.23. The van der Waals surface area contributed by atoms with E-state index in [-0.39, 0.29) is 6.04 Å². The summed E-state index contributed by atoms with van der Waals surface area (Å²) in [7, 11) is 1.75. The van der Waals surface area contributed by atoms with Crippen molar-refractivity contribution in [2.45, 2.75) is 25.9 Å². The summed E-state index contributed by atoms with van der Waals surface area (Å²) in [6, 6.07) is 4.64. The van der Waals surface area contributed by atoms with Gasteiger partial charge < -0.3 is 9.15 Å². The average molecular weight is 336 g/mol. The number of piperazine rings is 1. The van der Waals surface area contributed by atoms with Crippen LogP contribution in [0.4, 0.5) is 0 Å². The molecule has 1 fully saturated rings. The molecule has 0 radical (unpaired) electrons. The first kappa shape index (κ1) is 16.6. The molecular weight excluding hydrogens is 312 g/mol. The fraction of sp³-hybridized carbons (Fsp3) is 0.625. The standard InChI is InChI=1S/C16H24N4O2S/c1-12-11-20(7-6-19(12)8-9-21-3)13(2)15-17-18-16(22-15)14-5-4-10-23-14/h4-5,10,12-13H,6-9,11H2,1-3H3. The Morgan fingerprint density at radius 3 is 3.00 bits per heavy atom. The van der Waals surface area contributed by atoms with Gasteiger partial charge in [0.15, 0.2) is 0 Å². The van der Waals surface area contributed by atoms with Crippen molar-refractivity contribution in [1.29, 1.82) is 0 Å². The molecule has 23 heavy (non-hydrogen) atoms. The first-order chi connectivity index (χ1) is 11.2. The van der Waals surface area contributed by atoms with E-state index in [4.69, 9.17) is 9.15 Å². The van der Waals surface area contributed by atoms with Gasteiger partial charge >= 0.3 is 0 Å². The van der Waals surface area contributed by atoms with E-state index >= 15 is 0 Å². The molecule has 0 saturated carbocycles. The zero-order valence-electron chi connectivity index (χ0n) is 13.9. The third-order valence-corrected chi connectivity index (χ3v) is 5.31. The lowest BCUT2D eigenvalue weighted by Gasteiger charge is -2.41. The lowest BCUT2D eigenvalue weighted by Crippen LogP contribution is -2.53. The van der Waals surface area contributed by atoms with Crippen LogP contribution in [0.15, 0.2) is 21.9 Å². The summed E-state index contributed by atoms with van der Waals surface area (Å²) in [5, 5.41) is 10.5. The highest BCUT2D eigenvalue weighted by Crippen LogP contribution is 2.27. The molecule has 0 amide bonds. The van der Waals surface area contributed by atoms with E-state index < -0.39 is 0 Å². The van der Waals surface area contributed by atoms with Crippen LogP contribution in [-0.4, -0.2) is 65.9 Å². The third kappa shape index (κ3) is 3.80. The van der Waals surface area contributed by atoms with E-state index in [1.54, 1.807) is 18.4 Å². The summed E-state index contributed by atoms with van der Waals surface area (Å²) in [6.07, 6.45) is 0. The van der Waals surface area contributed by atoms with Gasteiger partial charge in [-0.05, 0) is 25.3 Å². The van der Waals surface area contributed by atoms with Crippen molar-refractivity contribution in [3.8, 4) is 10.8 Å². The Morgan fingerprint density at radius 1 is 1.43 bits per heavy atom. The molecular formula is C16H24N4O2S. The predicted octanol–water partition coefficient (Wildman–Crippen LogP) is 2.51. The Balaban J connectivity index is 1.62. The van der Waals surface area contributed by atoms with Gasteiger partial charge in [-0.3, -0.25) is 9.80 Å². The van der Waals surface area contributed by atoms with Crippen molar-refractivity contribution < 1.29 is 9.15 Å². The van der Waals surface area contributed by atoms with Gasteiger partial charge in [-0.1, -0.05) is 6.07 Å². The quantitative estimate of drug-likeness (QED) is 0.808. The van der Waals surface area contributed by atoms with Gasteiger partial charge in [0.2, 0.25) is 5.89 Å². The van der Waals surface area contributed by atoms with Crippen LogP contribution in [0.1, 0.15) is 25.8 Å². The van der Waals surface area contributed by atoms with E-state index in [2.05, 4.69) is 33.8 Å². The molecule has 0 aliphatic carbocycles. The van der Waals surface area contributed by atoms with Gasteiger partial charge in [0.05, 0.1) is 17.5 Å². The van der Waals surface area contributed by atoms with Gasteiger partial charge in [0, 0.05) is 39.3 Å². The number of methoxy groups -OCH3 is 1. The number of hydrogen-bond donors (Lipinski definition) is 0. The number of rotatable bonds is 6. The molecule has 6 nitrogen and oxygen atoms in total. The van der Waals surface area contributed by atoms with Gasteiger partial charge in [-0.25, -0.2) is 0 Å². The summed E-state index contributed by atoms with van der Waals surface area (Å²) in [4.78, 5) is 5.91. The lowest BCUT2D eigenvalue weighted by molar-refractivity contribution is 0.0363. The molecule has 2 atom stereocenters. The third-order valence-electron chi connectivity index (χ3n) is 4.46. The molecule has 3 heterocycles. The summed E-state index contributed by atoms with van der Waals surface area (Å²) >= 11 is 1.62. The van der Waals surface area contributed by atoms with Crippen LogP contribution < -0.4 is 0 Å². The van der Waals surface area contributed by atoms with Gasteiger partial charge in [-0.2, -0.15) is 0 Å². The number of aromatic nitrogens is 2. The first-order valence-corrected chi connectivity index (χ1v) is 8.91. The highest BCUT2D eigenvalue weighted by Gasteiger charge is 2.29. The topological polar surface area (TPSA) is 54.6 Å². The molecule has 1 aliphatic rings. The maximum Gasteiger partial charge on any atom is 0.257 e. The molecule has 0 aromatic carbocycles. The summed E-state index contributed by atoms with van der Waals surface area (Å²) in [6.45, 7) is 9.23. The number of thiophene rings is 1. The summed E-state index contributed by atoms with van der Waals surface area (Å²) < 4.78 is 11.1. The molecule has 2 aromatic rings. The molecule has 0 N–H and O–H groups in total. The Bertz CT molecular complexity index is 601. The molecule has 0 bridgehead atoms. The summed E-state index contributed by atoms with van der Waals surface area (Å²) in [5.74, 6) is 1.32. The molecule has 126 valence electrons. The van der Waals surface area contributed by atoms with Crippen molar-refractivity contribution in [3.05, 3.63) is 23.4 Å². The van der Waals surface area contributed by atoms with Crippen LogP contribution in [0.5, 0.6) is 0 Å². The van der Waals surface area contributed by atoms with Crippen LogP contribution in [-0.2, 0) is 4.74 Å². The van der Waals surface area contributed by atoms with E-state index in [0.717, 1.165) is 37.7 Å².